The first-order chi connectivity index (χ1) is 11.5. The summed E-state index contributed by atoms with van der Waals surface area (Å²) in [7, 11) is -3.42. The number of aromatic nitrogens is 2. The van der Waals surface area contributed by atoms with Crippen LogP contribution in [0.4, 0.5) is 0 Å². The molecule has 0 unspecified atom stereocenters. The zero-order chi connectivity index (χ0) is 17.0. The molecule has 124 valence electrons. The van der Waals surface area contributed by atoms with Gasteiger partial charge in [-0.25, -0.2) is 13.1 Å². The maximum atomic E-state index is 12.3. The van der Waals surface area contributed by atoms with E-state index in [2.05, 4.69) is 5.10 Å². The van der Waals surface area contributed by atoms with E-state index in [4.69, 9.17) is 0 Å². The number of aliphatic hydroxyl groups excluding tert-OH is 1. The first-order valence-electron chi connectivity index (χ1n) is 7.56. The van der Waals surface area contributed by atoms with Gasteiger partial charge in [-0.15, -0.1) is 0 Å². The molecule has 3 rings (SSSR count). The molecule has 0 spiro atoms. The van der Waals surface area contributed by atoms with Crippen molar-refractivity contribution in [3.8, 4) is 5.69 Å². The minimum atomic E-state index is -3.42. The number of nitrogens with zero attached hydrogens (tertiary/aromatic N) is 2. The van der Waals surface area contributed by atoms with Gasteiger partial charge in [-0.05, 0) is 29.3 Å². The first kappa shape index (κ1) is 16.4. The second kappa shape index (κ2) is 6.98. The van der Waals surface area contributed by atoms with Crippen LogP contribution in [0.15, 0.2) is 73.1 Å². The summed E-state index contributed by atoms with van der Waals surface area (Å²) in [6.45, 7) is 0. The molecule has 2 aromatic carbocycles. The third kappa shape index (κ3) is 4.10. The Morgan fingerprint density at radius 1 is 1.00 bits per heavy atom. The lowest BCUT2D eigenvalue weighted by molar-refractivity contribution is 0.201. The minimum Gasteiger partial charge on any atom is -0.387 e. The molecular weight excluding hydrogens is 324 g/mol. The fourth-order valence-corrected chi connectivity index (χ4v) is 3.98. The lowest BCUT2D eigenvalue weighted by Crippen LogP contribution is -2.16. The standard InChI is InChI=1S/C18H18N2O3S/c21-18(16-5-2-1-3-6-16)14-24(22,23)13-15-7-9-17(10-8-15)20-12-4-11-19-20/h1-12,18,21H,13-14H2/t18-/m0/s1. The molecule has 0 aliphatic rings. The quantitative estimate of drug-likeness (QED) is 0.747. The molecule has 1 heterocycles. The molecule has 0 fully saturated rings. The number of rotatable bonds is 6. The van der Waals surface area contributed by atoms with E-state index in [9.17, 15) is 13.5 Å². The highest BCUT2D eigenvalue weighted by molar-refractivity contribution is 7.90. The highest BCUT2D eigenvalue weighted by Gasteiger charge is 2.19. The zero-order valence-electron chi connectivity index (χ0n) is 13.0. The predicted octanol–water partition coefficient (Wildman–Crippen LogP) is 2.52. The van der Waals surface area contributed by atoms with Crippen LogP contribution in [0.1, 0.15) is 17.2 Å². The van der Waals surface area contributed by atoms with E-state index in [0.29, 0.717) is 11.1 Å². The molecule has 1 aromatic heterocycles. The smallest absolute Gasteiger partial charge is 0.157 e. The van der Waals surface area contributed by atoms with Crippen molar-refractivity contribution in [3.05, 3.63) is 84.2 Å². The van der Waals surface area contributed by atoms with Gasteiger partial charge in [-0.2, -0.15) is 5.10 Å². The van der Waals surface area contributed by atoms with Crippen LogP contribution in [0.5, 0.6) is 0 Å². The summed E-state index contributed by atoms with van der Waals surface area (Å²) in [5.74, 6) is -0.395. The van der Waals surface area contributed by atoms with Crippen LogP contribution < -0.4 is 0 Å². The van der Waals surface area contributed by atoms with Crippen molar-refractivity contribution < 1.29 is 13.5 Å². The lowest BCUT2D eigenvalue weighted by atomic mass is 10.1. The number of hydrogen-bond donors (Lipinski definition) is 1. The maximum Gasteiger partial charge on any atom is 0.157 e. The third-order valence-electron chi connectivity index (χ3n) is 3.69. The van der Waals surface area contributed by atoms with Crippen molar-refractivity contribution in [2.24, 2.45) is 0 Å². The Labute approximate surface area is 141 Å². The maximum absolute atomic E-state index is 12.3. The monoisotopic (exact) mass is 342 g/mol. The van der Waals surface area contributed by atoms with Gasteiger partial charge in [0.15, 0.2) is 9.84 Å². The molecule has 0 radical (unpaired) electrons. The van der Waals surface area contributed by atoms with E-state index in [1.807, 2.05) is 30.5 Å². The summed E-state index contributed by atoms with van der Waals surface area (Å²) in [6, 6.07) is 17.8. The minimum absolute atomic E-state index is 0.101. The van der Waals surface area contributed by atoms with Crippen LogP contribution in [-0.4, -0.2) is 29.1 Å². The summed E-state index contributed by atoms with van der Waals surface area (Å²) in [5, 5.41) is 14.2. The van der Waals surface area contributed by atoms with Gasteiger partial charge in [0.25, 0.3) is 0 Å². The molecule has 0 aliphatic carbocycles. The summed E-state index contributed by atoms with van der Waals surface area (Å²) in [5.41, 5.74) is 2.16. The largest absolute Gasteiger partial charge is 0.387 e. The predicted molar refractivity (Wildman–Crippen MR) is 92.5 cm³/mol. The van der Waals surface area contributed by atoms with E-state index in [0.717, 1.165) is 5.69 Å². The third-order valence-corrected chi connectivity index (χ3v) is 5.28. The van der Waals surface area contributed by atoms with Crippen molar-refractivity contribution in [1.82, 2.24) is 9.78 Å². The first-order valence-corrected chi connectivity index (χ1v) is 9.38. The summed E-state index contributed by atoms with van der Waals surface area (Å²) in [6.07, 6.45) is 2.49. The van der Waals surface area contributed by atoms with Crippen molar-refractivity contribution in [2.75, 3.05) is 5.75 Å². The van der Waals surface area contributed by atoms with Crippen LogP contribution in [0.3, 0.4) is 0 Å². The van der Waals surface area contributed by atoms with Crippen molar-refractivity contribution in [2.45, 2.75) is 11.9 Å². The number of aliphatic hydroxyl groups is 1. The fraction of sp³-hybridized carbons (Fsp3) is 0.167. The summed E-state index contributed by atoms with van der Waals surface area (Å²) >= 11 is 0. The van der Waals surface area contributed by atoms with Crippen LogP contribution in [0.2, 0.25) is 0 Å². The SMILES string of the molecule is O=S(=O)(Cc1ccc(-n2cccn2)cc1)C[C@H](O)c1ccccc1. The number of sulfone groups is 1. The van der Waals surface area contributed by atoms with Gasteiger partial charge in [0.05, 0.1) is 23.3 Å². The molecule has 1 N–H and O–H groups in total. The van der Waals surface area contributed by atoms with Gasteiger partial charge < -0.3 is 5.11 Å². The Balaban J connectivity index is 1.68. The molecule has 0 bridgehead atoms. The van der Waals surface area contributed by atoms with E-state index in [1.54, 1.807) is 47.3 Å². The van der Waals surface area contributed by atoms with Crippen molar-refractivity contribution >= 4 is 9.84 Å². The number of benzene rings is 2. The van der Waals surface area contributed by atoms with Crippen LogP contribution in [0.25, 0.3) is 5.69 Å². The van der Waals surface area contributed by atoms with E-state index >= 15 is 0 Å². The molecule has 0 amide bonds. The van der Waals surface area contributed by atoms with Gasteiger partial charge >= 0.3 is 0 Å². The van der Waals surface area contributed by atoms with Gasteiger partial charge in [-0.3, -0.25) is 0 Å². The van der Waals surface area contributed by atoms with E-state index in [-0.39, 0.29) is 11.5 Å². The molecule has 24 heavy (non-hydrogen) atoms. The van der Waals surface area contributed by atoms with Crippen LogP contribution in [0, 0.1) is 0 Å². The molecule has 0 saturated carbocycles. The average Bonchev–Trinajstić information content (AvgIpc) is 3.10. The van der Waals surface area contributed by atoms with E-state index < -0.39 is 15.9 Å². The van der Waals surface area contributed by atoms with Gasteiger partial charge in [0.1, 0.15) is 0 Å². The normalized spacial score (nSPS) is 12.9. The van der Waals surface area contributed by atoms with Crippen LogP contribution in [-0.2, 0) is 15.6 Å². The molecule has 1 atom stereocenters. The molecule has 5 nitrogen and oxygen atoms in total. The second-order valence-electron chi connectivity index (χ2n) is 5.60. The lowest BCUT2D eigenvalue weighted by Gasteiger charge is -2.12. The Hall–Kier alpha value is -2.44. The Kier molecular flexibility index (Phi) is 4.78. The molecule has 3 aromatic rings. The van der Waals surface area contributed by atoms with Gasteiger partial charge in [-0.1, -0.05) is 42.5 Å². The molecular formula is C18H18N2O3S. The van der Waals surface area contributed by atoms with Crippen molar-refractivity contribution in [3.63, 3.8) is 0 Å². The molecule has 0 aliphatic heterocycles. The van der Waals surface area contributed by atoms with Gasteiger partial charge in [0, 0.05) is 12.4 Å². The topological polar surface area (TPSA) is 72.2 Å². The Bertz CT molecular complexity index is 874. The van der Waals surface area contributed by atoms with Crippen LogP contribution >= 0.6 is 0 Å². The highest BCUT2D eigenvalue weighted by Crippen LogP contribution is 2.18. The second-order valence-corrected chi connectivity index (χ2v) is 7.71. The van der Waals surface area contributed by atoms with Crippen molar-refractivity contribution in [1.29, 1.82) is 0 Å². The summed E-state index contributed by atoms with van der Waals surface area (Å²) in [4.78, 5) is 0. The zero-order valence-corrected chi connectivity index (χ0v) is 13.8. The molecule has 6 heteroatoms. The Morgan fingerprint density at radius 2 is 1.71 bits per heavy atom. The number of hydrogen-bond acceptors (Lipinski definition) is 4. The van der Waals surface area contributed by atoms with Gasteiger partial charge in [0.2, 0.25) is 0 Å². The highest BCUT2D eigenvalue weighted by atomic mass is 32.2. The summed E-state index contributed by atoms with van der Waals surface area (Å²) < 4.78 is 26.3. The van der Waals surface area contributed by atoms with E-state index in [1.165, 1.54) is 0 Å². The molecule has 0 saturated heterocycles. The fourth-order valence-electron chi connectivity index (χ4n) is 2.49. The average molecular weight is 342 g/mol. The Morgan fingerprint density at radius 3 is 2.33 bits per heavy atom.